The van der Waals surface area contributed by atoms with Crippen molar-refractivity contribution >= 4 is 22.8 Å². The quantitative estimate of drug-likeness (QED) is 0.637. The van der Waals surface area contributed by atoms with Crippen LogP contribution in [0.1, 0.15) is 17.4 Å². The summed E-state index contributed by atoms with van der Waals surface area (Å²) in [7, 11) is -0.974. The van der Waals surface area contributed by atoms with Crippen LogP contribution in [0, 0.1) is 0 Å². The molecule has 1 aromatic rings. The Bertz CT molecular complexity index is 502. The van der Waals surface area contributed by atoms with E-state index in [9.17, 15) is 13.8 Å². The minimum Gasteiger partial charge on any atom is -0.476 e. The number of carbonyl (C=O) groups is 2. The third-order valence-electron chi connectivity index (χ3n) is 2.62. The third-order valence-corrected chi connectivity index (χ3v) is 3.92. The second-order valence-corrected chi connectivity index (χ2v) is 6.05. The minimum absolute atomic E-state index is 0.0336. The van der Waals surface area contributed by atoms with Crippen LogP contribution in [0.2, 0.25) is 0 Å². The number of aromatic carboxylic acids is 1. The summed E-state index contributed by atoms with van der Waals surface area (Å²) in [6.45, 7) is 2.88. The Morgan fingerprint density at radius 1 is 1.50 bits per heavy atom. The second kappa shape index (κ2) is 7.63. The highest BCUT2D eigenvalue weighted by Gasteiger charge is 2.08. The maximum Gasteiger partial charge on any atom is 0.356 e. The van der Waals surface area contributed by atoms with Crippen molar-refractivity contribution in [1.82, 2.24) is 20.2 Å². The van der Waals surface area contributed by atoms with Crippen LogP contribution >= 0.6 is 0 Å². The number of amides is 2. The summed E-state index contributed by atoms with van der Waals surface area (Å²) >= 11 is 0. The molecule has 20 heavy (non-hydrogen) atoms. The minimum atomic E-state index is -1.09. The Morgan fingerprint density at radius 3 is 2.75 bits per heavy atom. The zero-order valence-electron chi connectivity index (χ0n) is 11.3. The van der Waals surface area contributed by atoms with E-state index in [0.717, 1.165) is 0 Å². The van der Waals surface area contributed by atoms with Gasteiger partial charge in [0.05, 0.1) is 6.33 Å². The molecule has 3 N–H and O–H groups in total. The van der Waals surface area contributed by atoms with Crippen molar-refractivity contribution in [1.29, 1.82) is 0 Å². The van der Waals surface area contributed by atoms with Gasteiger partial charge in [-0.3, -0.25) is 4.21 Å². The fourth-order valence-corrected chi connectivity index (χ4v) is 1.63. The van der Waals surface area contributed by atoms with Crippen LogP contribution in [0.25, 0.3) is 0 Å². The van der Waals surface area contributed by atoms with Gasteiger partial charge in [0.25, 0.3) is 0 Å². The first kappa shape index (κ1) is 16.2. The number of aromatic nitrogens is 2. The van der Waals surface area contributed by atoms with Gasteiger partial charge in [-0.25, -0.2) is 14.6 Å². The number of rotatable bonds is 7. The number of nitrogens with one attached hydrogen (secondary N) is 2. The number of carbonyl (C=O) groups excluding carboxylic acids is 1. The Labute approximate surface area is 119 Å². The highest BCUT2D eigenvalue weighted by molar-refractivity contribution is 7.84. The molecule has 0 spiro atoms. The van der Waals surface area contributed by atoms with Crippen molar-refractivity contribution in [3.8, 4) is 0 Å². The molecular formula is C11H18N4O4S. The molecule has 2 atom stereocenters. The van der Waals surface area contributed by atoms with Crippen LogP contribution in [0.3, 0.4) is 0 Å². The fraction of sp³-hybridized carbons (Fsp3) is 0.545. The van der Waals surface area contributed by atoms with Crippen molar-refractivity contribution in [2.24, 2.45) is 0 Å². The predicted octanol–water partition coefficient (Wildman–Crippen LogP) is -0.352. The lowest BCUT2D eigenvalue weighted by atomic mass is 10.5. The van der Waals surface area contributed by atoms with E-state index in [1.54, 1.807) is 17.7 Å². The first-order chi connectivity index (χ1) is 9.40. The monoisotopic (exact) mass is 302 g/mol. The second-order valence-electron chi connectivity index (χ2n) is 4.25. The van der Waals surface area contributed by atoms with Gasteiger partial charge in [-0.1, -0.05) is 0 Å². The van der Waals surface area contributed by atoms with Crippen molar-refractivity contribution in [3.05, 3.63) is 18.2 Å². The molecule has 9 heteroatoms. The topological polar surface area (TPSA) is 113 Å². The summed E-state index contributed by atoms with van der Waals surface area (Å²) in [5, 5.41) is 13.8. The van der Waals surface area contributed by atoms with Crippen LogP contribution < -0.4 is 10.6 Å². The molecule has 8 nitrogen and oxygen atoms in total. The van der Waals surface area contributed by atoms with Crippen molar-refractivity contribution < 1.29 is 18.9 Å². The van der Waals surface area contributed by atoms with Crippen LogP contribution in [0.4, 0.5) is 4.79 Å². The summed E-state index contributed by atoms with van der Waals surface area (Å²) in [4.78, 5) is 25.7. The molecule has 0 aliphatic heterocycles. The van der Waals surface area contributed by atoms with Crippen LogP contribution in [-0.2, 0) is 17.3 Å². The van der Waals surface area contributed by atoms with E-state index in [2.05, 4.69) is 15.6 Å². The molecule has 0 fully saturated rings. The number of nitrogens with zero attached hydrogens (tertiary/aromatic N) is 2. The zero-order valence-corrected chi connectivity index (χ0v) is 12.1. The summed E-state index contributed by atoms with van der Waals surface area (Å²) < 4.78 is 12.7. The van der Waals surface area contributed by atoms with Gasteiger partial charge in [-0.05, 0) is 6.92 Å². The van der Waals surface area contributed by atoms with Crippen LogP contribution in [0.5, 0.6) is 0 Å². The Balaban J connectivity index is 2.24. The largest absolute Gasteiger partial charge is 0.476 e. The molecule has 112 valence electrons. The maximum absolute atomic E-state index is 11.4. The van der Waals surface area contributed by atoms with Crippen molar-refractivity contribution in [2.45, 2.75) is 18.7 Å². The Hall–Kier alpha value is -1.90. The molecule has 1 aromatic heterocycles. The number of hydrogen-bond acceptors (Lipinski definition) is 4. The highest BCUT2D eigenvalue weighted by Crippen LogP contribution is 1.95. The number of imidazole rings is 1. The van der Waals surface area contributed by atoms with E-state index in [0.29, 0.717) is 19.6 Å². The lowest BCUT2D eigenvalue weighted by Crippen LogP contribution is -2.41. The van der Waals surface area contributed by atoms with Crippen molar-refractivity contribution in [3.63, 3.8) is 0 Å². The standard InChI is InChI=1S/C11H18N4O4S/c1-8(20(2)19)5-13-11(18)12-3-4-15-6-9(10(16)17)14-7-15/h6-8H,3-5H2,1-2H3,(H,16,17)(H2,12,13,18). The van der Waals surface area contributed by atoms with E-state index in [4.69, 9.17) is 5.11 Å². The molecule has 0 radical (unpaired) electrons. The average molecular weight is 302 g/mol. The highest BCUT2D eigenvalue weighted by atomic mass is 32.2. The molecular weight excluding hydrogens is 284 g/mol. The number of urea groups is 1. The zero-order chi connectivity index (χ0) is 15.1. The van der Waals surface area contributed by atoms with Gasteiger partial charge in [-0.15, -0.1) is 0 Å². The Morgan fingerprint density at radius 2 is 2.20 bits per heavy atom. The van der Waals surface area contributed by atoms with E-state index in [1.165, 1.54) is 12.5 Å². The summed E-state index contributed by atoms with van der Waals surface area (Å²) in [6, 6.07) is -0.346. The lowest BCUT2D eigenvalue weighted by Gasteiger charge is -2.11. The molecule has 0 aliphatic rings. The number of carboxylic acid groups (broad SMARTS) is 1. The Kier molecular flexibility index (Phi) is 6.16. The molecule has 2 amide bonds. The summed E-state index contributed by atoms with van der Waals surface area (Å²) in [6.07, 6.45) is 4.37. The van der Waals surface area contributed by atoms with Gasteiger partial charge in [0.2, 0.25) is 0 Å². The van der Waals surface area contributed by atoms with E-state index < -0.39 is 16.8 Å². The lowest BCUT2D eigenvalue weighted by molar-refractivity contribution is 0.0691. The van der Waals surface area contributed by atoms with E-state index >= 15 is 0 Å². The fourth-order valence-electron chi connectivity index (χ4n) is 1.31. The average Bonchev–Trinajstić information content (AvgIpc) is 2.84. The molecule has 2 unspecified atom stereocenters. The summed E-state index contributed by atoms with van der Waals surface area (Å²) in [5.74, 6) is -1.09. The summed E-state index contributed by atoms with van der Waals surface area (Å²) in [5.41, 5.74) is -0.0336. The first-order valence-corrected chi connectivity index (χ1v) is 7.61. The molecule has 0 saturated heterocycles. The van der Waals surface area contributed by atoms with Gasteiger partial charge in [-0.2, -0.15) is 0 Å². The van der Waals surface area contributed by atoms with Crippen LogP contribution in [-0.4, -0.2) is 55.5 Å². The SMILES string of the molecule is CC(CNC(=O)NCCn1cnc(C(=O)O)c1)S(C)=O. The molecule has 1 heterocycles. The van der Waals surface area contributed by atoms with E-state index in [1.807, 2.05) is 0 Å². The predicted molar refractivity (Wildman–Crippen MR) is 74.1 cm³/mol. The van der Waals surface area contributed by atoms with Gasteiger partial charge < -0.3 is 20.3 Å². The van der Waals surface area contributed by atoms with Gasteiger partial charge >= 0.3 is 12.0 Å². The molecule has 0 aliphatic carbocycles. The number of carboxylic acids is 1. The molecule has 0 bridgehead atoms. The number of hydrogen-bond donors (Lipinski definition) is 3. The molecule has 1 rings (SSSR count). The van der Waals surface area contributed by atoms with Gasteiger partial charge in [0.15, 0.2) is 5.69 Å². The van der Waals surface area contributed by atoms with Crippen LogP contribution in [0.15, 0.2) is 12.5 Å². The van der Waals surface area contributed by atoms with Gasteiger partial charge in [0, 0.05) is 48.1 Å². The van der Waals surface area contributed by atoms with E-state index in [-0.39, 0.29) is 17.0 Å². The third kappa shape index (κ3) is 5.39. The molecule has 0 saturated carbocycles. The first-order valence-electron chi connectivity index (χ1n) is 5.99. The van der Waals surface area contributed by atoms with Gasteiger partial charge in [0.1, 0.15) is 0 Å². The smallest absolute Gasteiger partial charge is 0.356 e. The molecule has 0 aromatic carbocycles. The maximum atomic E-state index is 11.4. The normalized spacial score (nSPS) is 13.5. The van der Waals surface area contributed by atoms with Crippen molar-refractivity contribution in [2.75, 3.05) is 19.3 Å².